The van der Waals surface area contributed by atoms with E-state index in [0.29, 0.717) is 24.9 Å². The monoisotopic (exact) mass is 224 g/mol. The summed E-state index contributed by atoms with van der Waals surface area (Å²) >= 11 is 1.87. The van der Waals surface area contributed by atoms with Crippen molar-refractivity contribution < 1.29 is 4.79 Å². The van der Waals surface area contributed by atoms with Gasteiger partial charge in [-0.3, -0.25) is 4.79 Å². The molecule has 0 aromatic rings. The number of carbonyl (C=O) groups excluding carboxylic acids is 1. The average molecular weight is 224 g/mol. The predicted molar refractivity (Wildman–Crippen MR) is 60.4 cm³/mol. The summed E-state index contributed by atoms with van der Waals surface area (Å²) in [5.41, 5.74) is 0. The van der Waals surface area contributed by atoms with Gasteiger partial charge < -0.3 is 4.90 Å². The Morgan fingerprint density at radius 2 is 2.27 bits per heavy atom. The summed E-state index contributed by atoms with van der Waals surface area (Å²) in [7, 11) is 0. The van der Waals surface area contributed by atoms with E-state index in [9.17, 15) is 4.79 Å². The Hall–Kier alpha value is -0.690. The minimum absolute atomic E-state index is 0.231. The minimum atomic E-state index is 0.231. The van der Waals surface area contributed by atoms with Crippen LogP contribution in [0.15, 0.2) is 0 Å². The molecule has 1 unspecified atom stereocenters. The van der Waals surface area contributed by atoms with E-state index in [2.05, 4.69) is 6.07 Å². The van der Waals surface area contributed by atoms with E-state index in [1.807, 2.05) is 16.7 Å². The third kappa shape index (κ3) is 2.66. The Morgan fingerprint density at radius 3 is 2.80 bits per heavy atom. The second-order valence-corrected chi connectivity index (χ2v) is 5.38. The smallest absolute Gasteiger partial charge is 0.226 e. The predicted octanol–water partition coefficient (Wildman–Crippen LogP) is 1.64. The molecular weight excluding hydrogens is 208 g/mol. The Labute approximate surface area is 94.8 Å². The largest absolute Gasteiger partial charge is 0.338 e. The van der Waals surface area contributed by atoms with E-state index in [0.717, 1.165) is 30.8 Å². The molecule has 0 aromatic heterocycles. The number of rotatable bonds is 4. The Balaban J connectivity index is 1.91. The van der Waals surface area contributed by atoms with E-state index in [-0.39, 0.29) is 5.92 Å². The zero-order valence-corrected chi connectivity index (χ0v) is 9.63. The van der Waals surface area contributed by atoms with Gasteiger partial charge >= 0.3 is 0 Å². The number of amides is 1. The van der Waals surface area contributed by atoms with E-state index in [1.54, 1.807) is 0 Å². The maximum absolute atomic E-state index is 12.1. The number of nitrogens with zero attached hydrogens (tertiary/aromatic N) is 2. The molecule has 4 heteroatoms. The molecule has 3 nitrogen and oxygen atoms in total. The van der Waals surface area contributed by atoms with Gasteiger partial charge in [0.05, 0.1) is 12.5 Å². The van der Waals surface area contributed by atoms with E-state index < -0.39 is 0 Å². The molecule has 2 fully saturated rings. The fraction of sp³-hybridized carbons (Fsp3) is 0.818. The van der Waals surface area contributed by atoms with E-state index >= 15 is 0 Å². The molecule has 1 heterocycles. The first-order valence-electron chi connectivity index (χ1n) is 5.58. The summed E-state index contributed by atoms with van der Waals surface area (Å²) in [5, 5.41) is 8.57. The fourth-order valence-electron chi connectivity index (χ4n) is 1.99. The molecule has 1 aliphatic carbocycles. The minimum Gasteiger partial charge on any atom is -0.338 e. The quantitative estimate of drug-likeness (QED) is 0.729. The lowest BCUT2D eigenvalue weighted by Crippen LogP contribution is -2.38. The van der Waals surface area contributed by atoms with Crippen molar-refractivity contribution in [3.05, 3.63) is 0 Å². The Kier molecular flexibility index (Phi) is 3.53. The lowest BCUT2D eigenvalue weighted by molar-refractivity contribution is -0.135. The molecule has 82 valence electrons. The number of hydrogen-bond donors (Lipinski definition) is 0. The summed E-state index contributed by atoms with van der Waals surface area (Å²) in [6.45, 7) is 0.640. The third-order valence-corrected chi connectivity index (χ3v) is 4.18. The summed E-state index contributed by atoms with van der Waals surface area (Å²) in [6.07, 6.45) is 3.77. The topological polar surface area (TPSA) is 44.1 Å². The van der Waals surface area contributed by atoms with Crippen LogP contribution < -0.4 is 0 Å². The van der Waals surface area contributed by atoms with Crippen LogP contribution in [0.25, 0.3) is 0 Å². The molecule has 1 aliphatic heterocycles. The van der Waals surface area contributed by atoms with Gasteiger partial charge in [-0.1, -0.05) is 0 Å². The van der Waals surface area contributed by atoms with Crippen molar-refractivity contribution in [1.29, 1.82) is 5.26 Å². The van der Waals surface area contributed by atoms with E-state index in [1.165, 1.54) is 0 Å². The lowest BCUT2D eigenvalue weighted by Gasteiger charge is -2.24. The fourth-order valence-corrected chi connectivity index (χ4v) is 3.20. The van der Waals surface area contributed by atoms with Crippen LogP contribution in [0.4, 0.5) is 0 Å². The van der Waals surface area contributed by atoms with Gasteiger partial charge in [-0.15, -0.1) is 0 Å². The molecule has 0 aromatic carbocycles. The summed E-state index contributed by atoms with van der Waals surface area (Å²) in [6, 6.07) is 2.58. The van der Waals surface area contributed by atoms with Crippen molar-refractivity contribution in [2.45, 2.75) is 31.7 Å². The molecule has 0 N–H and O–H groups in total. The zero-order chi connectivity index (χ0) is 10.7. The second-order valence-electron chi connectivity index (χ2n) is 4.23. The third-order valence-electron chi connectivity index (χ3n) is 3.01. The van der Waals surface area contributed by atoms with Gasteiger partial charge in [0.2, 0.25) is 5.91 Å². The summed E-state index contributed by atoms with van der Waals surface area (Å²) in [5.74, 6) is 2.63. The summed E-state index contributed by atoms with van der Waals surface area (Å²) < 4.78 is 0. The van der Waals surface area contributed by atoms with Crippen molar-refractivity contribution in [2.75, 3.05) is 18.1 Å². The maximum Gasteiger partial charge on any atom is 0.226 e. The first-order valence-corrected chi connectivity index (χ1v) is 6.73. The van der Waals surface area contributed by atoms with Gasteiger partial charge in [-0.2, -0.15) is 17.0 Å². The number of nitriles is 1. The Bertz CT molecular complexity index is 277. The molecule has 15 heavy (non-hydrogen) atoms. The van der Waals surface area contributed by atoms with Gasteiger partial charge in [0, 0.05) is 24.3 Å². The molecule has 2 aliphatic rings. The highest BCUT2D eigenvalue weighted by Gasteiger charge is 2.36. The highest BCUT2D eigenvalue weighted by Crippen LogP contribution is 2.32. The maximum atomic E-state index is 12.1. The van der Waals surface area contributed by atoms with Crippen LogP contribution in [-0.4, -0.2) is 34.9 Å². The second kappa shape index (κ2) is 4.89. The SMILES string of the molecule is N#CCCN(C(=O)C1CCSC1)C1CC1. The lowest BCUT2D eigenvalue weighted by atomic mass is 10.1. The van der Waals surface area contributed by atoms with Crippen LogP contribution in [0.1, 0.15) is 25.7 Å². The molecule has 1 atom stereocenters. The van der Waals surface area contributed by atoms with Crippen molar-refractivity contribution in [3.63, 3.8) is 0 Å². The van der Waals surface area contributed by atoms with Crippen LogP contribution in [-0.2, 0) is 4.79 Å². The molecule has 0 radical (unpaired) electrons. The highest BCUT2D eigenvalue weighted by atomic mass is 32.2. The molecule has 1 saturated carbocycles. The van der Waals surface area contributed by atoms with Crippen LogP contribution >= 0.6 is 11.8 Å². The number of hydrogen-bond acceptors (Lipinski definition) is 3. The first-order chi connectivity index (χ1) is 7.33. The van der Waals surface area contributed by atoms with Crippen LogP contribution in [0.5, 0.6) is 0 Å². The van der Waals surface area contributed by atoms with Gasteiger partial charge in [0.15, 0.2) is 0 Å². The van der Waals surface area contributed by atoms with Crippen molar-refractivity contribution in [3.8, 4) is 6.07 Å². The highest BCUT2D eigenvalue weighted by molar-refractivity contribution is 7.99. The molecular formula is C11H16N2OS. The van der Waals surface area contributed by atoms with Crippen molar-refractivity contribution in [2.24, 2.45) is 5.92 Å². The van der Waals surface area contributed by atoms with Crippen molar-refractivity contribution in [1.82, 2.24) is 4.90 Å². The average Bonchev–Trinajstić information content (AvgIpc) is 2.94. The van der Waals surface area contributed by atoms with E-state index in [4.69, 9.17) is 5.26 Å². The number of thioether (sulfide) groups is 1. The summed E-state index contributed by atoms with van der Waals surface area (Å²) in [4.78, 5) is 14.1. The van der Waals surface area contributed by atoms with Crippen molar-refractivity contribution >= 4 is 17.7 Å². The molecule has 2 rings (SSSR count). The molecule has 0 spiro atoms. The van der Waals surface area contributed by atoms with Crippen LogP contribution in [0.2, 0.25) is 0 Å². The standard InChI is InChI=1S/C11H16N2OS/c12-5-1-6-13(10-2-3-10)11(14)9-4-7-15-8-9/h9-10H,1-4,6-8H2. The normalized spacial score (nSPS) is 24.9. The van der Waals surface area contributed by atoms with Crippen LogP contribution in [0, 0.1) is 17.2 Å². The molecule has 1 amide bonds. The molecule has 0 bridgehead atoms. The Morgan fingerprint density at radius 1 is 1.47 bits per heavy atom. The van der Waals surface area contributed by atoms with Gasteiger partial charge in [0.25, 0.3) is 0 Å². The molecule has 1 saturated heterocycles. The first kappa shape index (κ1) is 10.8. The number of carbonyl (C=O) groups is 1. The van der Waals surface area contributed by atoms with Gasteiger partial charge in [-0.05, 0) is 25.0 Å². The van der Waals surface area contributed by atoms with Gasteiger partial charge in [0.1, 0.15) is 0 Å². The van der Waals surface area contributed by atoms with Crippen LogP contribution in [0.3, 0.4) is 0 Å². The zero-order valence-electron chi connectivity index (χ0n) is 8.82. The van der Waals surface area contributed by atoms with Gasteiger partial charge in [-0.25, -0.2) is 0 Å².